The Balaban J connectivity index is 1.98. The molecule has 1 unspecified atom stereocenters. The van der Waals surface area contributed by atoms with E-state index in [0.29, 0.717) is 13.0 Å². The first-order valence-electron chi connectivity index (χ1n) is 6.52. The van der Waals surface area contributed by atoms with Crippen LogP contribution >= 0.6 is 12.2 Å². The van der Waals surface area contributed by atoms with Gasteiger partial charge in [-0.15, -0.1) is 0 Å². The molecule has 0 bridgehead atoms. The van der Waals surface area contributed by atoms with Crippen LogP contribution in [-0.4, -0.2) is 20.9 Å². The van der Waals surface area contributed by atoms with Crippen molar-refractivity contribution in [3.05, 3.63) is 60.2 Å². The summed E-state index contributed by atoms with van der Waals surface area (Å²) in [5, 5.41) is 2.80. The average molecular weight is 300 g/mol. The van der Waals surface area contributed by atoms with Gasteiger partial charge in [-0.1, -0.05) is 42.5 Å². The van der Waals surface area contributed by atoms with E-state index in [1.807, 2.05) is 30.3 Å². The van der Waals surface area contributed by atoms with Gasteiger partial charge in [-0.3, -0.25) is 4.79 Å². The molecule has 0 aliphatic rings. The first kappa shape index (κ1) is 15.1. The fraction of sp³-hybridized carbons (Fsp3) is 0.200. The topological polar surface area (TPSA) is 80.9 Å². The first-order valence-corrected chi connectivity index (χ1v) is 6.93. The molecular weight excluding hydrogens is 284 g/mol. The van der Waals surface area contributed by atoms with Crippen LogP contribution < -0.4 is 11.1 Å². The largest absolute Gasteiger partial charge is 0.393 e. The smallest absolute Gasteiger partial charge is 0.230 e. The number of thiocarbonyl (C=S) groups is 1. The van der Waals surface area contributed by atoms with Crippen molar-refractivity contribution in [2.75, 3.05) is 0 Å². The lowest BCUT2D eigenvalue weighted by Gasteiger charge is -2.15. The fourth-order valence-electron chi connectivity index (χ4n) is 1.90. The van der Waals surface area contributed by atoms with E-state index in [1.165, 1.54) is 6.33 Å². The van der Waals surface area contributed by atoms with Crippen molar-refractivity contribution >= 4 is 23.1 Å². The van der Waals surface area contributed by atoms with E-state index in [-0.39, 0.29) is 10.9 Å². The Hall–Kier alpha value is -2.34. The zero-order valence-electron chi connectivity index (χ0n) is 11.4. The van der Waals surface area contributed by atoms with Gasteiger partial charge in [0.1, 0.15) is 6.33 Å². The molecule has 0 saturated heterocycles. The molecule has 5 nitrogen and oxygen atoms in total. The number of carbonyl (C=O) groups is 1. The van der Waals surface area contributed by atoms with E-state index in [1.54, 1.807) is 12.3 Å². The highest BCUT2D eigenvalue weighted by molar-refractivity contribution is 7.80. The molecule has 2 rings (SSSR count). The minimum atomic E-state index is -0.524. The van der Waals surface area contributed by atoms with Gasteiger partial charge in [0.25, 0.3) is 0 Å². The molecule has 1 heterocycles. The van der Waals surface area contributed by atoms with E-state index in [4.69, 9.17) is 18.0 Å². The van der Waals surface area contributed by atoms with Gasteiger partial charge in [0.15, 0.2) is 0 Å². The summed E-state index contributed by atoms with van der Waals surface area (Å²) in [5.41, 5.74) is 7.46. The highest BCUT2D eigenvalue weighted by atomic mass is 32.1. The molecule has 1 amide bonds. The zero-order valence-corrected chi connectivity index (χ0v) is 12.2. The zero-order chi connectivity index (χ0) is 15.1. The van der Waals surface area contributed by atoms with Crippen molar-refractivity contribution in [3.63, 3.8) is 0 Å². The number of nitrogens with two attached hydrogens (primary N) is 1. The second kappa shape index (κ2) is 7.44. The van der Waals surface area contributed by atoms with E-state index < -0.39 is 5.92 Å². The van der Waals surface area contributed by atoms with Gasteiger partial charge in [-0.25, -0.2) is 9.97 Å². The molecule has 0 fully saturated rings. The molecule has 1 aromatic carbocycles. The molecule has 6 heteroatoms. The number of aromatic nitrogens is 2. The van der Waals surface area contributed by atoms with E-state index in [9.17, 15) is 4.79 Å². The number of rotatable bonds is 6. The van der Waals surface area contributed by atoms with Crippen LogP contribution in [0.1, 0.15) is 11.3 Å². The lowest BCUT2D eigenvalue weighted by molar-refractivity contribution is -0.123. The third-order valence-electron chi connectivity index (χ3n) is 3.03. The van der Waals surface area contributed by atoms with Gasteiger partial charge in [0.2, 0.25) is 5.91 Å². The summed E-state index contributed by atoms with van der Waals surface area (Å²) >= 11 is 5.01. The molecule has 0 aliphatic carbocycles. The van der Waals surface area contributed by atoms with Crippen LogP contribution in [0.5, 0.6) is 0 Å². The standard InChI is InChI=1S/C15H16N4OS/c16-14(21)13(8-11-4-2-1-3-5-11)15(20)18-9-12-6-7-17-10-19-12/h1-7,10,13H,8-9H2,(H2,16,21)(H,18,20). The lowest BCUT2D eigenvalue weighted by atomic mass is 9.98. The third kappa shape index (κ3) is 4.61. The fourth-order valence-corrected chi connectivity index (χ4v) is 2.09. The van der Waals surface area contributed by atoms with Gasteiger partial charge in [-0.05, 0) is 18.1 Å². The molecule has 2 aromatic rings. The van der Waals surface area contributed by atoms with Crippen molar-refractivity contribution in [2.24, 2.45) is 11.7 Å². The summed E-state index contributed by atoms with van der Waals surface area (Å²) in [6.07, 6.45) is 3.56. The molecule has 1 atom stereocenters. The van der Waals surface area contributed by atoms with Crippen LogP contribution in [0.3, 0.4) is 0 Å². The van der Waals surface area contributed by atoms with Gasteiger partial charge < -0.3 is 11.1 Å². The maximum absolute atomic E-state index is 12.2. The molecule has 0 radical (unpaired) electrons. The molecule has 1 aromatic heterocycles. The second-order valence-electron chi connectivity index (χ2n) is 4.56. The number of hydrogen-bond acceptors (Lipinski definition) is 4. The number of benzene rings is 1. The van der Waals surface area contributed by atoms with Crippen molar-refractivity contribution in [1.82, 2.24) is 15.3 Å². The quantitative estimate of drug-likeness (QED) is 0.785. The van der Waals surface area contributed by atoms with Gasteiger partial charge in [0, 0.05) is 6.20 Å². The molecule has 108 valence electrons. The Labute approximate surface area is 128 Å². The van der Waals surface area contributed by atoms with Crippen molar-refractivity contribution in [1.29, 1.82) is 0 Å². The van der Waals surface area contributed by atoms with Crippen LogP contribution in [0, 0.1) is 5.92 Å². The molecule has 21 heavy (non-hydrogen) atoms. The Morgan fingerprint density at radius 3 is 2.67 bits per heavy atom. The van der Waals surface area contributed by atoms with Crippen molar-refractivity contribution < 1.29 is 4.79 Å². The summed E-state index contributed by atoms with van der Waals surface area (Å²) in [6.45, 7) is 0.329. The van der Waals surface area contributed by atoms with Crippen molar-refractivity contribution in [3.8, 4) is 0 Å². The van der Waals surface area contributed by atoms with Crippen LogP contribution in [0.25, 0.3) is 0 Å². The minimum absolute atomic E-state index is 0.190. The van der Waals surface area contributed by atoms with Crippen molar-refractivity contribution in [2.45, 2.75) is 13.0 Å². The Morgan fingerprint density at radius 2 is 2.05 bits per heavy atom. The Kier molecular flexibility index (Phi) is 5.34. The summed E-state index contributed by atoms with van der Waals surface area (Å²) in [5.74, 6) is -0.714. The molecule has 0 spiro atoms. The van der Waals surface area contributed by atoms with E-state index >= 15 is 0 Å². The van der Waals surface area contributed by atoms with Crippen LogP contribution in [-0.2, 0) is 17.8 Å². The average Bonchev–Trinajstić information content (AvgIpc) is 2.52. The number of hydrogen-bond donors (Lipinski definition) is 2. The third-order valence-corrected chi connectivity index (χ3v) is 3.31. The van der Waals surface area contributed by atoms with Gasteiger partial charge >= 0.3 is 0 Å². The Bertz CT molecular complexity index is 604. The molecule has 0 saturated carbocycles. The lowest BCUT2D eigenvalue weighted by Crippen LogP contribution is -2.39. The second-order valence-corrected chi connectivity index (χ2v) is 5.03. The maximum Gasteiger partial charge on any atom is 0.230 e. The highest BCUT2D eigenvalue weighted by Gasteiger charge is 2.21. The Morgan fingerprint density at radius 1 is 1.29 bits per heavy atom. The van der Waals surface area contributed by atoms with Crippen LogP contribution in [0.2, 0.25) is 0 Å². The highest BCUT2D eigenvalue weighted by Crippen LogP contribution is 2.10. The first-order chi connectivity index (χ1) is 10.2. The monoisotopic (exact) mass is 300 g/mol. The SMILES string of the molecule is NC(=S)C(Cc1ccccc1)C(=O)NCc1ccncn1. The molecule has 0 aliphatic heterocycles. The van der Waals surface area contributed by atoms with Crippen LogP contribution in [0.15, 0.2) is 48.9 Å². The van der Waals surface area contributed by atoms with Gasteiger partial charge in [0.05, 0.1) is 23.1 Å². The van der Waals surface area contributed by atoms with Gasteiger partial charge in [-0.2, -0.15) is 0 Å². The summed E-state index contributed by atoms with van der Waals surface area (Å²) in [6, 6.07) is 11.4. The summed E-state index contributed by atoms with van der Waals surface area (Å²) < 4.78 is 0. The number of carbonyl (C=O) groups excluding carboxylic acids is 1. The normalized spacial score (nSPS) is 11.6. The molecular formula is C15H16N4OS. The van der Waals surface area contributed by atoms with Crippen LogP contribution in [0.4, 0.5) is 0 Å². The predicted molar refractivity (Wildman–Crippen MR) is 84.3 cm³/mol. The van der Waals surface area contributed by atoms with E-state index in [2.05, 4.69) is 15.3 Å². The number of amides is 1. The minimum Gasteiger partial charge on any atom is -0.393 e. The summed E-state index contributed by atoms with van der Waals surface area (Å²) in [7, 11) is 0. The predicted octanol–water partition coefficient (Wildman–Crippen LogP) is 1.24. The molecule has 3 N–H and O–H groups in total. The summed E-state index contributed by atoms with van der Waals surface area (Å²) in [4.78, 5) is 20.3. The number of nitrogens with zero attached hydrogens (tertiary/aromatic N) is 2. The van der Waals surface area contributed by atoms with E-state index in [0.717, 1.165) is 11.3 Å². The number of nitrogens with one attached hydrogen (secondary N) is 1. The maximum atomic E-state index is 12.2.